The smallest absolute Gasteiger partial charge is 0.287 e. The van der Waals surface area contributed by atoms with Gasteiger partial charge in [0.25, 0.3) is 5.69 Å². The van der Waals surface area contributed by atoms with Crippen LogP contribution in [-0.4, -0.2) is 17.3 Å². The quantitative estimate of drug-likeness (QED) is 0.523. The molecule has 6 heteroatoms. The van der Waals surface area contributed by atoms with Gasteiger partial charge >= 0.3 is 0 Å². The molecule has 0 radical (unpaired) electrons. The fraction of sp³-hybridized carbons (Fsp3) is 0.250. The third kappa shape index (κ3) is 2.62. The molecule has 1 aromatic carbocycles. The van der Waals surface area contributed by atoms with Crippen molar-refractivity contribution in [2.75, 3.05) is 12.4 Å². The van der Waals surface area contributed by atoms with E-state index in [4.69, 9.17) is 4.74 Å². The highest BCUT2D eigenvalue weighted by molar-refractivity contribution is 9.10. The van der Waals surface area contributed by atoms with Crippen LogP contribution in [-0.2, 0) is 0 Å². The van der Waals surface area contributed by atoms with Gasteiger partial charge in [-0.2, -0.15) is 12.6 Å². The SMILES string of the molecule is O=[N+]([O-])c1cccc(OCCS)c1Br. The molecule has 0 aromatic heterocycles. The molecule has 0 aliphatic carbocycles. The summed E-state index contributed by atoms with van der Waals surface area (Å²) in [7, 11) is 0. The van der Waals surface area contributed by atoms with Gasteiger partial charge in [-0.3, -0.25) is 10.1 Å². The molecule has 0 heterocycles. The second-order valence-electron chi connectivity index (χ2n) is 2.42. The third-order valence-electron chi connectivity index (χ3n) is 1.49. The lowest BCUT2D eigenvalue weighted by Gasteiger charge is -2.05. The number of ether oxygens (including phenoxy) is 1. The number of rotatable bonds is 4. The van der Waals surface area contributed by atoms with E-state index in [1.54, 1.807) is 12.1 Å². The maximum Gasteiger partial charge on any atom is 0.287 e. The summed E-state index contributed by atoms with van der Waals surface area (Å²) in [5.74, 6) is 1.03. The molecule has 1 rings (SSSR count). The Bertz CT molecular complexity index is 345. The van der Waals surface area contributed by atoms with E-state index < -0.39 is 4.92 Å². The molecule has 0 amide bonds. The molecule has 0 unspecified atom stereocenters. The van der Waals surface area contributed by atoms with Crippen LogP contribution in [0.2, 0.25) is 0 Å². The maximum atomic E-state index is 10.6. The van der Waals surface area contributed by atoms with Crippen molar-refractivity contribution in [3.63, 3.8) is 0 Å². The lowest BCUT2D eigenvalue weighted by atomic mass is 10.3. The van der Waals surface area contributed by atoms with E-state index in [-0.39, 0.29) is 5.69 Å². The van der Waals surface area contributed by atoms with E-state index in [1.807, 2.05) is 0 Å². The number of nitro benzene ring substituents is 1. The Kier molecular flexibility index (Phi) is 4.21. The first-order chi connectivity index (χ1) is 6.66. The van der Waals surface area contributed by atoms with Crippen molar-refractivity contribution in [3.8, 4) is 5.75 Å². The van der Waals surface area contributed by atoms with Crippen molar-refractivity contribution < 1.29 is 9.66 Å². The molecule has 0 saturated carbocycles. The van der Waals surface area contributed by atoms with Crippen molar-refractivity contribution in [2.24, 2.45) is 0 Å². The number of nitro groups is 1. The predicted octanol–water partition coefficient (Wildman–Crippen LogP) is 2.67. The molecule has 1 aromatic rings. The number of hydrogen-bond donors (Lipinski definition) is 1. The summed E-state index contributed by atoms with van der Waals surface area (Å²) in [5.41, 5.74) is 0.00154. The molecule has 0 atom stereocenters. The average Bonchev–Trinajstić information content (AvgIpc) is 2.16. The second kappa shape index (κ2) is 5.21. The van der Waals surface area contributed by atoms with Crippen molar-refractivity contribution in [1.29, 1.82) is 0 Å². The molecule has 0 saturated heterocycles. The highest BCUT2D eigenvalue weighted by Gasteiger charge is 2.15. The number of hydrogen-bond acceptors (Lipinski definition) is 4. The number of benzene rings is 1. The zero-order valence-corrected chi connectivity index (χ0v) is 9.62. The summed E-state index contributed by atoms with van der Waals surface area (Å²) in [6.45, 7) is 0.420. The minimum atomic E-state index is -0.461. The zero-order valence-electron chi connectivity index (χ0n) is 7.14. The number of nitrogens with zero attached hydrogens (tertiary/aromatic N) is 1. The van der Waals surface area contributed by atoms with Crippen LogP contribution in [0.25, 0.3) is 0 Å². The first kappa shape index (κ1) is 11.3. The molecule has 0 bridgehead atoms. The molecule has 0 N–H and O–H groups in total. The van der Waals surface area contributed by atoms with Gasteiger partial charge in [0.05, 0.1) is 11.5 Å². The zero-order chi connectivity index (χ0) is 10.6. The van der Waals surface area contributed by atoms with Crippen LogP contribution in [0, 0.1) is 10.1 Å². The summed E-state index contributed by atoms with van der Waals surface area (Å²) in [6.07, 6.45) is 0. The van der Waals surface area contributed by atoms with Gasteiger partial charge in [0.15, 0.2) is 0 Å². The lowest BCUT2D eigenvalue weighted by Crippen LogP contribution is -2.00. The Morgan fingerprint density at radius 3 is 2.86 bits per heavy atom. The van der Waals surface area contributed by atoms with Crippen molar-refractivity contribution in [3.05, 3.63) is 32.8 Å². The normalized spacial score (nSPS) is 9.86. The molecule has 0 spiro atoms. The Morgan fingerprint density at radius 1 is 1.57 bits per heavy atom. The Hall–Kier alpha value is -0.750. The summed E-state index contributed by atoms with van der Waals surface area (Å²) in [5, 5.41) is 10.6. The fourth-order valence-corrected chi connectivity index (χ4v) is 1.52. The third-order valence-corrected chi connectivity index (χ3v) is 2.47. The lowest BCUT2D eigenvalue weighted by molar-refractivity contribution is -0.385. The molecule has 0 aliphatic rings. The largest absolute Gasteiger partial charge is 0.491 e. The van der Waals surface area contributed by atoms with Gasteiger partial charge in [-0.15, -0.1) is 0 Å². The van der Waals surface area contributed by atoms with Crippen molar-refractivity contribution in [2.45, 2.75) is 0 Å². The van der Waals surface area contributed by atoms with Gasteiger partial charge in [0, 0.05) is 11.8 Å². The molecule has 76 valence electrons. The van der Waals surface area contributed by atoms with Crippen LogP contribution in [0.3, 0.4) is 0 Å². The molecule has 0 aliphatic heterocycles. The first-order valence-corrected chi connectivity index (χ1v) is 5.26. The Balaban J connectivity index is 2.95. The van der Waals surface area contributed by atoms with Gasteiger partial charge in [0.2, 0.25) is 0 Å². The Morgan fingerprint density at radius 2 is 2.29 bits per heavy atom. The summed E-state index contributed by atoms with van der Waals surface area (Å²) >= 11 is 7.10. The topological polar surface area (TPSA) is 52.4 Å². The highest BCUT2D eigenvalue weighted by Crippen LogP contribution is 2.33. The fourth-order valence-electron chi connectivity index (χ4n) is 0.907. The van der Waals surface area contributed by atoms with Crippen molar-refractivity contribution in [1.82, 2.24) is 0 Å². The average molecular weight is 278 g/mol. The highest BCUT2D eigenvalue weighted by atomic mass is 79.9. The second-order valence-corrected chi connectivity index (χ2v) is 3.66. The molecule has 4 nitrogen and oxygen atoms in total. The molecule has 14 heavy (non-hydrogen) atoms. The number of halogens is 1. The minimum Gasteiger partial charge on any atom is -0.491 e. The number of thiol groups is 1. The van der Waals surface area contributed by atoms with Crippen LogP contribution in [0.4, 0.5) is 5.69 Å². The van der Waals surface area contributed by atoms with E-state index in [1.165, 1.54) is 6.07 Å². The van der Waals surface area contributed by atoms with Crippen LogP contribution in [0.1, 0.15) is 0 Å². The summed E-state index contributed by atoms with van der Waals surface area (Å²) in [4.78, 5) is 10.1. The van der Waals surface area contributed by atoms with Crippen LogP contribution in [0.15, 0.2) is 22.7 Å². The molecular formula is C8H8BrNO3S. The maximum absolute atomic E-state index is 10.6. The van der Waals surface area contributed by atoms with Gasteiger partial charge in [-0.25, -0.2) is 0 Å². The van der Waals surface area contributed by atoms with Crippen LogP contribution in [0.5, 0.6) is 5.75 Å². The molecule has 0 fully saturated rings. The van der Waals surface area contributed by atoms with E-state index in [0.717, 1.165) is 0 Å². The van der Waals surface area contributed by atoms with Gasteiger partial charge in [-0.05, 0) is 22.0 Å². The summed E-state index contributed by atoms with van der Waals surface area (Å²) < 4.78 is 5.62. The van der Waals surface area contributed by atoms with Gasteiger partial charge < -0.3 is 4.74 Å². The summed E-state index contributed by atoms with van der Waals surface area (Å²) in [6, 6.07) is 4.66. The minimum absolute atomic E-state index is 0.00154. The Labute approximate surface area is 95.0 Å². The van der Waals surface area contributed by atoms with E-state index in [9.17, 15) is 10.1 Å². The van der Waals surface area contributed by atoms with E-state index in [0.29, 0.717) is 22.6 Å². The molecular weight excluding hydrogens is 270 g/mol. The van der Waals surface area contributed by atoms with Crippen LogP contribution >= 0.6 is 28.6 Å². The van der Waals surface area contributed by atoms with Crippen molar-refractivity contribution >= 4 is 34.2 Å². The van der Waals surface area contributed by atoms with Crippen LogP contribution < -0.4 is 4.74 Å². The first-order valence-electron chi connectivity index (χ1n) is 3.83. The van der Waals surface area contributed by atoms with Gasteiger partial charge in [0.1, 0.15) is 10.2 Å². The standard InChI is InChI=1S/C8H8BrNO3S/c9-8-6(10(11)12)2-1-3-7(8)13-4-5-14/h1-3,14H,4-5H2. The monoisotopic (exact) mass is 277 g/mol. The predicted molar refractivity (Wildman–Crippen MR) is 60.1 cm³/mol. The van der Waals surface area contributed by atoms with E-state index >= 15 is 0 Å². The van der Waals surface area contributed by atoms with Gasteiger partial charge in [-0.1, -0.05) is 6.07 Å². The van der Waals surface area contributed by atoms with E-state index in [2.05, 4.69) is 28.6 Å².